The fraction of sp³-hybridized carbons (Fsp3) is 0.400. The van der Waals surface area contributed by atoms with Gasteiger partial charge >= 0.3 is 11.8 Å². The van der Waals surface area contributed by atoms with Crippen LogP contribution in [0.15, 0.2) is 17.5 Å². The highest BCUT2D eigenvalue weighted by atomic mass is 32.1. The molecule has 3 N–H and O–H groups in total. The summed E-state index contributed by atoms with van der Waals surface area (Å²) < 4.78 is 0. The van der Waals surface area contributed by atoms with E-state index in [1.165, 1.54) is 9.78 Å². The summed E-state index contributed by atoms with van der Waals surface area (Å²) in [5.41, 5.74) is 1.83. The van der Waals surface area contributed by atoms with Crippen molar-refractivity contribution in [3.63, 3.8) is 0 Å². The predicted molar refractivity (Wildman–Crippen MR) is 62.6 cm³/mol. The molecular weight excluding hydrogens is 226 g/mol. The summed E-state index contributed by atoms with van der Waals surface area (Å²) in [5.74, 6) is 3.49. The number of nitrogens with zero attached hydrogens (tertiary/aromatic N) is 1. The Kier molecular flexibility index (Phi) is 4.45. The minimum atomic E-state index is -0.791. The van der Waals surface area contributed by atoms with Crippen molar-refractivity contribution in [3.8, 4) is 0 Å². The van der Waals surface area contributed by atoms with E-state index in [-0.39, 0.29) is 6.04 Å². The number of amides is 2. The molecule has 0 saturated carbocycles. The molecule has 0 saturated heterocycles. The molecule has 0 fully saturated rings. The van der Waals surface area contributed by atoms with Gasteiger partial charge in [-0.05, 0) is 18.4 Å². The third-order valence-corrected chi connectivity index (χ3v) is 3.28. The van der Waals surface area contributed by atoms with Crippen LogP contribution in [0.25, 0.3) is 0 Å². The van der Waals surface area contributed by atoms with Gasteiger partial charge in [0.05, 0.1) is 0 Å². The zero-order chi connectivity index (χ0) is 12.1. The molecule has 0 aliphatic carbocycles. The summed E-state index contributed by atoms with van der Waals surface area (Å²) in [6.07, 6.45) is 0.734. The number of likely N-dealkylation sites (N-methyl/N-ethyl adjacent to an activating group) is 1. The molecule has 1 heterocycles. The van der Waals surface area contributed by atoms with Crippen molar-refractivity contribution in [2.45, 2.75) is 19.4 Å². The molecule has 6 heteroatoms. The summed E-state index contributed by atoms with van der Waals surface area (Å²) in [6.45, 7) is 1.89. The van der Waals surface area contributed by atoms with Crippen LogP contribution in [-0.2, 0) is 16.0 Å². The molecule has 1 rings (SSSR count). The first kappa shape index (κ1) is 12.7. The lowest BCUT2D eigenvalue weighted by molar-refractivity contribution is -0.146. The lowest BCUT2D eigenvalue weighted by Crippen LogP contribution is -2.47. The van der Waals surface area contributed by atoms with E-state index in [0.29, 0.717) is 0 Å². The summed E-state index contributed by atoms with van der Waals surface area (Å²) >= 11 is 1.63. The Bertz CT molecular complexity index is 364. The molecule has 16 heavy (non-hydrogen) atoms. The normalized spacial score (nSPS) is 11.9. The Morgan fingerprint density at radius 3 is 2.81 bits per heavy atom. The molecule has 1 atom stereocenters. The van der Waals surface area contributed by atoms with Gasteiger partial charge in [-0.3, -0.25) is 15.0 Å². The number of rotatable bonds is 3. The molecule has 0 aromatic carbocycles. The second-order valence-corrected chi connectivity index (χ2v) is 4.55. The van der Waals surface area contributed by atoms with Crippen LogP contribution in [0.5, 0.6) is 0 Å². The zero-order valence-corrected chi connectivity index (χ0v) is 10.1. The molecule has 1 unspecified atom stereocenters. The quantitative estimate of drug-likeness (QED) is 0.342. The van der Waals surface area contributed by atoms with E-state index < -0.39 is 11.8 Å². The second kappa shape index (κ2) is 5.62. The Hall–Kier alpha value is -1.40. The smallest absolute Gasteiger partial charge is 0.323 e. The molecule has 0 aliphatic heterocycles. The van der Waals surface area contributed by atoms with Crippen molar-refractivity contribution >= 4 is 23.2 Å². The monoisotopic (exact) mass is 241 g/mol. The third kappa shape index (κ3) is 3.04. The molecule has 88 valence electrons. The summed E-state index contributed by atoms with van der Waals surface area (Å²) in [5, 5.41) is 1.98. The lowest BCUT2D eigenvalue weighted by atomic mass is 10.2. The number of nitrogens with two attached hydrogens (primary N) is 1. The Morgan fingerprint density at radius 1 is 1.62 bits per heavy atom. The Morgan fingerprint density at radius 2 is 2.31 bits per heavy atom. The number of hydrogen-bond acceptors (Lipinski definition) is 4. The Balaban J connectivity index is 2.57. The first-order chi connectivity index (χ1) is 7.56. The lowest BCUT2D eigenvalue weighted by Gasteiger charge is -2.23. The summed E-state index contributed by atoms with van der Waals surface area (Å²) in [4.78, 5) is 25.1. The predicted octanol–water partition coefficient (Wildman–Crippen LogP) is 0.127. The molecule has 0 bridgehead atoms. The van der Waals surface area contributed by atoms with E-state index in [9.17, 15) is 9.59 Å². The fourth-order valence-electron chi connectivity index (χ4n) is 1.28. The van der Waals surface area contributed by atoms with E-state index in [4.69, 9.17) is 5.84 Å². The van der Waals surface area contributed by atoms with Crippen molar-refractivity contribution in [3.05, 3.63) is 22.4 Å². The van der Waals surface area contributed by atoms with Gasteiger partial charge < -0.3 is 4.90 Å². The van der Waals surface area contributed by atoms with Crippen LogP contribution < -0.4 is 11.3 Å². The average Bonchev–Trinajstić information content (AvgIpc) is 2.78. The molecule has 0 radical (unpaired) electrons. The van der Waals surface area contributed by atoms with Crippen molar-refractivity contribution < 1.29 is 9.59 Å². The fourth-order valence-corrected chi connectivity index (χ4v) is 2.11. The van der Waals surface area contributed by atoms with Crippen LogP contribution in [0.3, 0.4) is 0 Å². The van der Waals surface area contributed by atoms with Gasteiger partial charge in [-0.1, -0.05) is 6.07 Å². The van der Waals surface area contributed by atoms with Gasteiger partial charge in [0, 0.05) is 24.4 Å². The molecule has 1 aromatic rings. The van der Waals surface area contributed by atoms with Crippen LogP contribution in [0, 0.1) is 0 Å². The number of carbonyl (C=O) groups excluding carboxylic acids is 2. The van der Waals surface area contributed by atoms with Crippen LogP contribution in [0.1, 0.15) is 11.8 Å². The van der Waals surface area contributed by atoms with Gasteiger partial charge in [-0.25, -0.2) is 5.84 Å². The standard InChI is InChI=1S/C10H15N3O2S/c1-7(6-8-4-3-5-16-8)13(2)10(15)9(14)12-11/h3-5,7H,6,11H2,1-2H3,(H,12,14). The summed E-state index contributed by atoms with van der Waals surface area (Å²) in [7, 11) is 1.59. The topological polar surface area (TPSA) is 75.4 Å². The zero-order valence-electron chi connectivity index (χ0n) is 9.27. The van der Waals surface area contributed by atoms with Crippen molar-refractivity contribution in [1.82, 2.24) is 10.3 Å². The highest BCUT2D eigenvalue weighted by Crippen LogP contribution is 2.13. The van der Waals surface area contributed by atoms with E-state index in [1.54, 1.807) is 18.4 Å². The maximum atomic E-state index is 11.5. The van der Waals surface area contributed by atoms with Crippen LogP contribution >= 0.6 is 11.3 Å². The van der Waals surface area contributed by atoms with E-state index in [1.807, 2.05) is 29.9 Å². The van der Waals surface area contributed by atoms with Crippen molar-refractivity contribution in [2.24, 2.45) is 5.84 Å². The number of hydrazine groups is 1. The SMILES string of the molecule is CC(Cc1cccs1)N(C)C(=O)C(=O)NN. The summed E-state index contributed by atoms with van der Waals surface area (Å²) in [6, 6.07) is 3.92. The van der Waals surface area contributed by atoms with E-state index >= 15 is 0 Å². The minimum absolute atomic E-state index is 0.0385. The van der Waals surface area contributed by atoms with Gasteiger partial charge in [0.1, 0.15) is 0 Å². The molecule has 5 nitrogen and oxygen atoms in total. The molecule has 0 aliphatic rings. The van der Waals surface area contributed by atoms with E-state index in [2.05, 4.69) is 0 Å². The van der Waals surface area contributed by atoms with Crippen LogP contribution in [0.2, 0.25) is 0 Å². The highest BCUT2D eigenvalue weighted by molar-refractivity contribution is 7.09. The maximum absolute atomic E-state index is 11.5. The van der Waals surface area contributed by atoms with Crippen molar-refractivity contribution in [2.75, 3.05) is 7.05 Å². The minimum Gasteiger partial charge on any atom is -0.334 e. The first-order valence-corrected chi connectivity index (χ1v) is 5.74. The largest absolute Gasteiger partial charge is 0.334 e. The third-order valence-electron chi connectivity index (χ3n) is 2.38. The van der Waals surface area contributed by atoms with Gasteiger partial charge in [-0.15, -0.1) is 11.3 Å². The second-order valence-electron chi connectivity index (χ2n) is 3.52. The molecule has 1 aromatic heterocycles. The van der Waals surface area contributed by atoms with Crippen molar-refractivity contribution in [1.29, 1.82) is 0 Å². The Labute approximate surface area is 98.2 Å². The maximum Gasteiger partial charge on any atom is 0.323 e. The van der Waals surface area contributed by atoms with Gasteiger partial charge in [0.15, 0.2) is 0 Å². The van der Waals surface area contributed by atoms with Gasteiger partial charge in [0.2, 0.25) is 0 Å². The molecular formula is C10H15N3O2S. The number of thiophene rings is 1. The number of nitrogens with one attached hydrogen (secondary N) is 1. The van der Waals surface area contributed by atoms with Crippen LogP contribution in [0.4, 0.5) is 0 Å². The average molecular weight is 241 g/mol. The highest BCUT2D eigenvalue weighted by Gasteiger charge is 2.22. The van der Waals surface area contributed by atoms with Gasteiger partial charge in [0.25, 0.3) is 0 Å². The number of hydrogen-bond donors (Lipinski definition) is 2. The van der Waals surface area contributed by atoms with E-state index in [0.717, 1.165) is 6.42 Å². The molecule has 2 amide bonds. The van der Waals surface area contributed by atoms with Gasteiger partial charge in [-0.2, -0.15) is 0 Å². The number of carbonyl (C=O) groups is 2. The van der Waals surface area contributed by atoms with Crippen LogP contribution in [-0.4, -0.2) is 29.8 Å². The molecule has 0 spiro atoms. The first-order valence-electron chi connectivity index (χ1n) is 4.86.